The molecule has 0 aliphatic heterocycles. The van der Waals surface area contributed by atoms with E-state index in [0.29, 0.717) is 12.1 Å². The Morgan fingerprint density at radius 3 is 2.71 bits per heavy atom. The molecule has 0 aliphatic carbocycles. The average molecular weight is 389 g/mol. The van der Waals surface area contributed by atoms with E-state index in [-0.39, 0.29) is 5.69 Å². The molecule has 1 heterocycles. The number of carbonyl (C=O) groups is 1. The summed E-state index contributed by atoms with van der Waals surface area (Å²) < 4.78 is 16.4. The van der Waals surface area contributed by atoms with Crippen LogP contribution in [0.3, 0.4) is 0 Å². The molecule has 2 aromatic carbocycles. The fourth-order valence-electron chi connectivity index (χ4n) is 2.32. The Morgan fingerprint density at radius 2 is 2.04 bits per heavy atom. The van der Waals surface area contributed by atoms with E-state index in [1.165, 1.54) is 12.1 Å². The van der Waals surface area contributed by atoms with Crippen LogP contribution in [0, 0.1) is 5.82 Å². The lowest BCUT2D eigenvalue weighted by atomic mass is 10.1. The number of para-hydroxylation sites is 1. The van der Waals surface area contributed by atoms with Crippen LogP contribution in [0.2, 0.25) is 0 Å². The highest BCUT2D eigenvalue weighted by molar-refractivity contribution is 9.10. The van der Waals surface area contributed by atoms with Crippen molar-refractivity contribution in [3.8, 4) is 11.3 Å². The van der Waals surface area contributed by atoms with Crippen LogP contribution in [-0.4, -0.2) is 16.2 Å². The molecular formula is C17H14BrFN4O. The first-order valence-corrected chi connectivity index (χ1v) is 7.93. The number of carbonyl (C=O) groups excluding carboxylic acids is 1. The van der Waals surface area contributed by atoms with Gasteiger partial charge >= 0.3 is 0 Å². The van der Waals surface area contributed by atoms with E-state index in [4.69, 9.17) is 0 Å². The van der Waals surface area contributed by atoms with Gasteiger partial charge in [0.2, 0.25) is 6.41 Å². The largest absolute Gasteiger partial charge is 0.291 e. The van der Waals surface area contributed by atoms with E-state index in [2.05, 4.69) is 26.5 Å². The van der Waals surface area contributed by atoms with Crippen molar-refractivity contribution < 1.29 is 9.18 Å². The second kappa shape index (κ2) is 6.84. The van der Waals surface area contributed by atoms with Crippen molar-refractivity contribution >= 4 is 33.7 Å². The van der Waals surface area contributed by atoms with Gasteiger partial charge in [0.05, 0.1) is 10.2 Å². The van der Waals surface area contributed by atoms with Crippen LogP contribution >= 0.6 is 15.9 Å². The van der Waals surface area contributed by atoms with Gasteiger partial charge in [0, 0.05) is 18.8 Å². The molecule has 0 atom stereocenters. The van der Waals surface area contributed by atoms with Crippen LogP contribution in [0.15, 0.2) is 59.2 Å². The van der Waals surface area contributed by atoms with Crippen molar-refractivity contribution in [2.45, 2.75) is 0 Å². The first kappa shape index (κ1) is 16.2. The zero-order chi connectivity index (χ0) is 17.1. The molecule has 0 fully saturated rings. The van der Waals surface area contributed by atoms with Gasteiger partial charge in [0.25, 0.3) is 0 Å². The summed E-state index contributed by atoms with van der Waals surface area (Å²) in [5.74, 6) is -0.485. The maximum atomic E-state index is 13.9. The third kappa shape index (κ3) is 3.30. The fourth-order valence-corrected chi connectivity index (χ4v) is 2.93. The number of hydrogen-bond acceptors (Lipinski definition) is 3. The lowest BCUT2D eigenvalue weighted by molar-refractivity contribution is -0.107. The summed E-state index contributed by atoms with van der Waals surface area (Å²) in [6, 6.07) is 13.4. The van der Waals surface area contributed by atoms with Crippen molar-refractivity contribution in [3.63, 3.8) is 0 Å². The summed E-state index contributed by atoms with van der Waals surface area (Å²) in [5.41, 5.74) is 5.34. The standard InChI is InChI=1S/C17H14BrFN4O/c1-22-10-14(18)17(21-22)12-5-4-6-13(9-12)20-23(11-24)16-8-3-2-7-15(16)19/h2-11,20H,1H3. The molecule has 0 unspecified atom stereocenters. The number of hydrogen-bond donors (Lipinski definition) is 1. The van der Waals surface area contributed by atoms with Gasteiger partial charge in [-0.2, -0.15) is 5.10 Å². The molecule has 3 rings (SSSR count). The number of rotatable bonds is 5. The number of halogens is 2. The van der Waals surface area contributed by atoms with Crippen molar-refractivity contribution in [1.29, 1.82) is 0 Å². The van der Waals surface area contributed by atoms with Gasteiger partial charge < -0.3 is 0 Å². The number of anilines is 2. The molecule has 1 amide bonds. The minimum atomic E-state index is -0.485. The number of benzene rings is 2. The molecule has 0 saturated heterocycles. The fraction of sp³-hybridized carbons (Fsp3) is 0.0588. The van der Waals surface area contributed by atoms with Gasteiger partial charge in [-0.25, -0.2) is 9.40 Å². The van der Waals surface area contributed by atoms with Crippen LogP contribution in [0.4, 0.5) is 15.8 Å². The number of aryl methyl sites for hydroxylation is 1. The molecule has 0 radical (unpaired) electrons. The monoisotopic (exact) mass is 388 g/mol. The Labute approximate surface area is 146 Å². The molecule has 1 aromatic heterocycles. The summed E-state index contributed by atoms with van der Waals surface area (Å²) >= 11 is 3.47. The van der Waals surface area contributed by atoms with Crippen molar-refractivity contribution in [2.75, 3.05) is 10.4 Å². The van der Waals surface area contributed by atoms with E-state index in [1.54, 1.807) is 22.9 Å². The van der Waals surface area contributed by atoms with E-state index in [9.17, 15) is 9.18 Å². The van der Waals surface area contributed by atoms with Crippen LogP contribution in [-0.2, 0) is 11.8 Å². The summed E-state index contributed by atoms with van der Waals surface area (Å²) in [7, 11) is 1.84. The third-order valence-corrected chi connectivity index (χ3v) is 3.97. The second-order valence-corrected chi connectivity index (χ2v) is 5.97. The molecule has 5 nitrogen and oxygen atoms in total. The Hall–Kier alpha value is -2.67. The van der Waals surface area contributed by atoms with Gasteiger partial charge in [0.15, 0.2) is 0 Å². The number of aromatic nitrogens is 2. The summed E-state index contributed by atoms with van der Waals surface area (Å²) in [4.78, 5) is 11.3. The Kier molecular flexibility index (Phi) is 4.61. The summed E-state index contributed by atoms with van der Waals surface area (Å²) in [5, 5.41) is 5.49. The maximum Gasteiger partial charge on any atom is 0.232 e. The highest BCUT2D eigenvalue weighted by atomic mass is 79.9. The lowest BCUT2D eigenvalue weighted by Gasteiger charge is -2.20. The van der Waals surface area contributed by atoms with E-state index in [1.807, 2.05) is 31.4 Å². The van der Waals surface area contributed by atoms with Gasteiger partial charge in [0.1, 0.15) is 17.2 Å². The maximum absolute atomic E-state index is 13.9. The topological polar surface area (TPSA) is 50.2 Å². The molecule has 0 spiro atoms. The van der Waals surface area contributed by atoms with E-state index >= 15 is 0 Å². The number of nitrogens with zero attached hydrogens (tertiary/aromatic N) is 3. The van der Waals surface area contributed by atoms with Gasteiger partial charge in [-0.1, -0.05) is 24.3 Å². The van der Waals surface area contributed by atoms with Crippen LogP contribution < -0.4 is 10.4 Å². The normalized spacial score (nSPS) is 10.5. The lowest BCUT2D eigenvalue weighted by Crippen LogP contribution is -2.28. The molecule has 0 bridgehead atoms. The van der Waals surface area contributed by atoms with E-state index < -0.39 is 5.82 Å². The zero-order valence-electron chi connectivity index (χ0n) is 12.8. The molecule has 1 N–H and O–H groups in total. The minimum absolute atomic E-state index is 0.150. The molecule has 0 saturated carbocycles. The van der Waals surface area contributed by atoms with Crippen molar-refractivity contribution in [1.82, 2.24) is 9.78 Å². The zero-order valence-corrected chi connectivity index (χ0v) is 14.4. The predicted molar refractivity (Wildman–Crippen MR) is 94.9 cm³/mol. The first-order chi connectivity index (χ1) is 11.6. The Bertz CT molecular complexity index is 881. The van der Waals surface area contributed by atoms with Gasteiger partial charge in [-0.05, 0) is 40.2 Å². The number of amides is 1. The van der Waals surface area contributed by atoms with Crippen molar-refractivity contribution in [2.24, 2.45) is 7.05 Å². The quantitative estimate of drug-likeness (QED) is 0.531. The average Bonchev–Trinajstić information content (AvgIpc) is 2.92. The second-order valence-electron chi connectivity index (χ2n) is 5.12. The summed E-state index contributed by atoms with van der Waals surface area (Å²) in [6.07, 6.45) is 2.38. The van der Waals surface area contributed by atoms with Crippen molar-refractivity contribution in [3.05, 3.63) is 65.0 Å². The molecule has 24 heavy (non-hydrogen) atoms. The molecule has 122 valence electrons. The SMILES string of the molecule is Cn1cc(Br)c(-c2cccc(NN(C=O)c3ccccc3F)c2)n1. The molecule has 7 heteroatoms. The first-order valence-electron chi connectivity index (χ1n) is 7.14. The predicted octanol–water partition coefficient (Wildman–Crippen LogP) is 3.98. The Morgan fingerprint density at radius 1 is 1.25 bits per heavy atom. The Balaban J connectivity index is 1.90. The van der Waals surface area contributed by atoms with Crippen LogP contribution in [0.1, 0.15) is 0 Å². The van der Waals surface area contributed by atoms with Crippen LogP contribution in [0.25, 0.3) is 11.3 Å². The minimum Gasteiger partial charge on any atom is -0.291 e. The highest BCUT2D eigenvalue weighted by Gasteiger charge is 2.12. The smallest absolute Gasteiger partial charge is 0.232 e. The van der Waals surface area contributed by atoms with Gasteiger partial charge in [-0.3, -0.25) is 14.9 Å². The van der Waals surface area contributed by atoms with E-state index in [0.717, 1.165) is 20.7 Å². The van der Waals surface area contributed by atoms with Crippen LogP contribution in [0.5, 0.6) is 0 Å². The van der Waals surface area contributed by atoms with Gasteiger partial charge in [-0.15, -0.1) is 0 Å². The number of hydrazine groups is 1. The number of nitrogens with one attached hydrogen (secondary N) is 1. The highest BCUT2D eigenvalue weighted by Crippen LogP contribution is 2.28. The molecular weight excluding hydrogens is 375 g/mol. The molecule has 3 aromatic rings. The summed E-state index contributed by atoms with van der Waals surface area (Å²) in [6.45, 7) is 0. The third-order valence-electron chi connectivity index (χ3n) is 3.39. The molecule has 0 aliphatic rings.